The van der Waals surface area contributed by atoms with Gasteiger partial charge in [0.15, 0.2) is 0 Å². The number of carbonyl (C=O) groups is 2. The van der Waals surface area contributed by atoms with E-state index in [1.165, 1.54) is 0 Å². The lowest BCUT2D eigenvalue weighted by Gasteiger charge is -2.17. The summed E-state index contributed by atoms with van der Waals surface area (Å²) in [6.45, 7) is 2.30. The molecule has 3 amide bonds. The Morgan fingerprint density at radius 3 is 2.67 bits per heavy atom. The molecule has 0 aliphatic carbocycles. The molecule has 2 aromatic rings. The summed E-state index contributed by atoms with van der Waals surface area (Å²) >= 11 is 6.05. The van der Waals surface area contributed by atoms with Gasteiger partial charge in [-0.05, 0) is 36.8 Å². The molecule has 6 heteroatoms. The Kier molecular flexibility index (Phi) is 4.71. The Balaban J connectivity index is 1.62. The quantitative estimate of drug-likeness (QED) is 0.894. The van der Waals surface area contributed by atoms with Gasteiger partial charge in [0.1, 0.15) is 0 Å². The van der Waals surface area contributed by atoms with Crippen LogP contribution in [0.4, 0.5) is 16.2 Å². The maximum atomic E-state index is 12.2. The van der Waals surface area contributed by atoms with Gasteiger partial charge in [-0.2, -0.15) is 0 Å². The fraction of sp³-hybridized carbons (Fsp3) is 0.222. The summed E-state index contributed by atoms with van der Waals surface area (Å²) < 4.78 is 0. The summed E-state index contributed by atoms with van der Waals surface area (Å²) in [6, 6.07) is 14.2. The Morgan fingerprint density at radius 1 is 1.17 bits per heavy atom. The molecular formula is C18H18ClN3O2. The Bertz CT molecular complexity index is 764. The summed E-state index contributed by atoms with van der Waals surface area (Å²) in [5, 5.41) is 6.23. The van der Waals surface area contributed by atoms with E-state index in [0.717, 1.165) is 11.3 Å². The molecule has 0 aromatic heterocycles. The van der Waals surface area contributed by atoms with Gasteiger partial charge in [-0.1, -0.05) is 35.9 Å². The minimum Gasteiger partial charge on any atom is -0.333 e. The van der Waals surface area contributed by atoms with Crippen molar-refractivity contribution in [3.8, 4) is 0 Å². The van der Waals surface area contributed by atoms with E-state index in [-0.39, 0.29) is 24.4 Å². The highest BCUT2D eigenvalue weighted by Gasteiger charge is 2.31. The molecule has 1 aliphatic heterocycles. The van der Waals surface area contributed by atoms with E-state index in [4.69, 9.17) is 11.6 Å². The third kappa shape index (κ3) is 3.51. The summed E-state index contributed by atoms with van der Waals surface area (Å²) in [7, 11) is 0. The van der Waals surface area contributed by atoms with Gasteiger partial charge in [0.2, 0.25) is 5.91 Å². The molecule has 1 aliphatic rings. The fourth-order valence-corrected chi connectivity index (χ4v) is 2.92. The zero-order chi connectivity index (χ0) is 17.1. The molecular weight excluding hydrogens is 326 g/mol. The molecule has 0 spiro atoms. The molecule has 24 heavy (non-hydrogen) atoms. The van der Waals surface area contributed by atoms with Crippen molar-refractivity contribution in [3.63, 3.8) is 0 Å². The predicted octanol–water partition coefficient (Wildman–Crippen LogP) is 3.58. The van der Waals surface area contributed by atoms with E-state index in [9.17, 15) is 9.59 Å². The van der Waals surface area contributed by atoms with E-state index in [1.807, 2.05) is 37.3 Å². The topological polar surface area (TPSA) is 61.4 Å². The van der Waals surface area contributed by atoms with Gasteiger partial charge in [0, 0.05) is 29.4 Å². The first-order chi connectivity index (χ1) is 11.5. The molecule has 2 N–H and O–H groups in total. The number of nitrogens with zero attached hydrogens (tertiary/aromatic N) is 1. The summed E-state index contributed by atoms with van der Waals surface area (Å²) in [6.07, 6.45) is 0.289. The van der Waals surface area contributed by atoms with Crippen molar-refractivity contribution in [2.75, 3.05) is 16.8 Å². The van der Waals surface area contributed by atoms with E-state index in [2.05, 4.69) is 10.6 Å². The van der Waals surface area contributed by atoms with Gasteiger partial charge in [-0.15, -0.1) is 0 Å². The second-order valence-corrected chi connectivity index (χ2v) is 6.16. The van der Waals surface area contributed by atoms with Crippen LogP contribution in [0.1, 0.15) is 12.0 Å². The molecule has 0 radical (unpaired) electrons. The average molecular weight is 344 g/mol. The van der Waals surface area contributed by atoms with E-state index >= 15 is 0 Å². The minimum atomic E-state index is -0.340. The van der Waals surface area contributed by atoms with Gasteiger partial charge < -0.3 is 15.5 Å². The number of carbonyl (C=O) groups excluding carboxylic acids is 2. The van der Waals surface area contributed by atoms with Crippen molar-refractivity contribution >= 4 is 34.9 Å². The van der Waals surface area contributed by atoms with Crippen LogP contribution in [0.15, 0.2) is 48.5 Å². The molecule has 3 rings (SSSR count). The molecule has 1 fully saturated rings. The number of para-hydroxylation sites is 1. The largest absolute Gasteiger partial charge is 0.333 e. The summed E-state index contributed by atoms with van der Waals surface area (Å²) in [4.78, 5) is 26.0. The second kappa shape index (κ2) is 6.93. The average Bonchev–Trinajstić information content (AvgIpc) is 2.93. The Morgan fingerprint density at radius 2 is 1.92 bits per heavy atom. The van der Waals surface area contributed by atoms with E-state index in [1.54, 1.807) is 23.1 Å². The predicted molar refractivity (Wildman–Crippen MR) is 95.5 cm³/mol. The maximum absolute atomic E-state index is 12.2. The number of anilines is 2. The number of hydrogen-bond acceptors (Lipinski definition) is 2. The number of nitrogens with one attached hydrogen (secondary N) is 2. The fourth-order valence-electron chi connectivity index (χ4n) is 2.75. The van der Waals surface area contributed by atoms with Crippen molar-refractivity contribution in [1.29, 1.82) is 0 Å². The van der Waals surface area contributed by atoms with Crippen molar-refractivity contribution in [1.82, 2.24) is 5.32 Å². The lowest BCUT2D eigenvalue weighted by molar-refractivity contribution is -0.117. The third-order valence-corrected chi connectivity index (χ3v) is 4.45. The molecule has 0 bridgehead atoms. The van der Waals surface area contributed by atoms with Crippen LogP contribution in [-0.4, -0.2) is 24.5 Å². The van der Waals surface area contributed by atoms with Crippen LogP contribution in [0.3, 0.4) is 0 Å². The number of benzene rings is 2. The highest BCUT2D eigenvalue weighted by molar-refractivity contribution is 6.31. The van der Waals surface area contributed by atoms with Crippen LogP contribution in [0.2, 0.25) is 5.02 Å². The van der Waals surface area contributed by atoms with Crippen LogP contribution >= 0.6 is 11.6 Å². The Labute approximate surface area is 145 Å². The maximum Gasteiger partial charge on any atom is 0.319 e. The first-order valence-electron chi connectivity index (χ1n) is 7.72. The standard InChI is InChI=1S/C18H18ClN3O2/c1-12-15(19)8-5-9-16(12)21-18(24)20-13-10-17(23)22(11-13)14-6-3-2-4-7-14/h2-9,13H,10-11H2,1H3,(H2,20,21,24)/t13-/m0/s1. The SMILES string of the molecule is Cc1c(Cl)cccc1NC(=O)N[C@H]1CC(=O)N(c2ccccc2)C1. The summed E-state index contributed by atoms with van der Waals surface area (Å²) in [5.74, 6) is 0.00503. The van der Waals surface area contributed by atoms with Crippen LogP contribution in [0.25, 0.3) is 0 Å². The van der Waals surface area contributed by atoms with Gasteiger partial charge >= 0.3 is 6.03 Å². The molecule has 5 nitrogen and oxygen atoms in total. The van der Waals surface area contributed by atoms with Crippen LogP contribution < -0.4 is 15.5 Å². The van der Waals surface area contributed by atoms with Crippen LogP contribution in [-0.2, 0) is 4.79 Å². The monoisotopic (exact) mass is 343 g/mol. The van der Waals surface area contributed by atoms with Crippen molar-refractivity contribution in [3.05, 3.63) is 59.1 Å². The third-order valence-electron chi connectivity index (χ3n) is 4.04. The van der Waals surface area contributed by atoms with E-state index in [0.29, 0.717) is 17.3 Å². The van der Waals surface area contributed by atoms with Crippen LogP contribution in [0, 0.1) is 6.92 Å². The molecule has 0 unspecified atom stereocenters. The number of halogens is 1. The number of rotatable bonds is 3. The first-order valence-corrected chi connectivity index (χ1v) is 8.10. The smallest absolute Gasteiger partial charge is 0.319 e. The zero-order valence-electron chi connectivity index (χ0n) is 13.3. The summed E-state index contributed by atoms with van der Waals surface area (Å²) in [5.41, 5.74) is 2.31. The van der Waals surface area contributed by atoms with Gasteiger partial charge in [-0.25, -0.2) is 4.79 Å². The number of amides is 3. The molecule has 124 valence electrons. The van der Waals surface area contributed by atoms with Crippen LogP contribution in [0.5, 0.6) is 0 Å². The van der Waals surface area contributed by atoms with E-state index < -0.39 is 0 Å². The molecule has 2 aromatic carbocycles. The number of hydrogen-bond donors (Lipinski definition) is 2. The Hall–Kier alpha value is -2.53. The number of urea groups is 1. The van der Waals surface area contributed by atoms with Gasteiger partial charge in [-0.3, -0.25) is 4.79 Å². The molecule has 0 saturated carbocycles. The highest BCUT2D eigenvalue weighted by atomic mass is 35.5. The van der Waals surface area contributed by atoms with Crippen molar-refractivity contribution in [2.24, 2.45) is 0 Å². The van der Waals surface area contributed by atoms with Crippen molar-refractivity contribution in [2.45, 2.75) is 19.4 Å². The minimum absolute atomic E-state index is 0.00503. The van der Waals surface area contributed by atoms with Crippen molar-refractivity contribution < 1.29 is 9.59 Å². The van der Waals surface area contributed by atoms with Gasteiger partial charge in [0.25, 0.3) is 0 Å². The first kappa shape index (κ1) is 16.3. The molecule has 1 atom stereocenters. The highest BCUT2D eigenvalue weighted by Crippen LogP contribution is 2.23. The lowest BCUT2D eigenvalue weighted by Crippen LogP contribution is -2.39. The molecule has 1 saturated heterocycles. The zero-order valence-corrected chi connectivity index (χ0v) is 14.0. The lowest BCUT2D eigenvalue weighted by atomic mass is 10.2. The second-order valence-electron chi connectivity index (χ2n) is 5.75. The normalized spacial score (nSPS) is 17.0. The van der Waals surface area contributed by atoms with Gasteiger partial charge in [0.05, 0.1) is 6.04 Å². The molecule has 1 heterocycles.